The van der Waals surface area contributed by atoms with E-state index >= 15 is 0 Å². The summed E-state index contributed by atoms with van der Waals surface area (Å²) >= 11 is 0. The second-order valence-electron chi connectivity index (χ2n) is 5.54. The molecule has 0 aliphatic carbocycles. The molecule has 0 fully saturated rings. The molecule has 1 heterocycles. The van der Waals surface area contributed by atoms with Crippen molar-refractivity contribution in [2.24, 2.45) is 0 Å². The first-order valence-corrected chi connectivity index (χ1v) is 6.23. The van der Waals surface area contributed by atoms with E-state index in [0.29, 0.717) is 11.7 Å². The van der Waals surface area contributed by atoms with Gasteiger partial charge in [-0.25, -0.2) is 8.78 Å². The fourth-order valence-electron chi connectivity index (χ4n) is 1.51. The summed E-state index contributed by atoms with van der Waals surface area (Å²) in [5.74, 6) is -0.826. The quantitative estimate of drug-likeness (QED) is 0.859. The molecular weight excluding hydrogens is 266 g/mol. The maximum Gasteiger partial charge on any atom is 0.267 e. The molecule has 1 aromatic carbocycles. The zero-order valence-corrected chi connectivity index (χ0v) is 11.8. The number of nitrogens with zero attached hydrogens (tertiary/aromatic N) is 2. The van der Waals surface area contributed by atoms with Crippen molar-refractivity contribution in [2.45, 2.75) is 39.2 Å². The average molecular weight is 282 g/mol. The van der Waals surface area contributed by atoms with Crippen molar-refractivity contribution in [3.8, 4) is 5.75 Å². The van der Waals surface area contributed by atoms with E-state index in [1.54, 1.807) is 6.92 Å². The molecule has 0 saturated heterocycles. The third-order valence-electron chi connectivity index (χ3n) is 2.66. The molecule has 0 radical (unpaired) electrons. The lowest BCUT2D eigenvalue weighted by Crippen LogP contribution is -2.13. The van der Waals surface area contributed by atoms with Crippen LogP contribution in [-0.2, 0) is 5.41 Å². The third kappa shape index (κ3) is 3.12. The van der Waals surface area contributed by atoms with Crippen molar-refractivity contribution in [1.29, 1.82) is 0 Å². The molecule has 0 aliphatic heterocycles. The molecule has 0 bridgehead atoms. The van der Waals surface area contributed by atoms with Gasteiger partial charge in [-0.2, -0.15) is 4.98 Å². The Hall–Kier alpha value is -1.98. The average Bonchev–Trinajstić information content (AvgIpc) is 2.83. The van der Waals surface area contributed by atoms with Gasteiger partial charge in [-0.15, -0.1) is 0 Å². The van der Waals surface area contributed by atoms with Gasteiger partial charge in [-0.3, -0.25) is 0 Å². The van der Waals surface area contributed by atoms with Crippen LogP contribution in [0.3, 0.4) is 0 Å². The minimum absolute atomic E-state index is 0.201. The molecule has 0 aliphatic rings. The van der Waals surface area contributed by atoms with E-state index in [-0.39, 0.29) is 11.2 Å². The Morgan fingerprint density at radius 2 is 1.90 bits per heavy atom. The van der Waals surface area contributed by atoms with E-state index in [4.69, 9.17) is 9.26 Å². The highest BCUT2D eigenvalue weighted by atomic mass is 19.2. The monoisotopic (exact) mass is 282 g/mol. The highest BCUT2D eigenvalue weighted by Crippen LogP contribution is 2.25. The van der Waals surface area contributed by atoms with Crippen molar-refractivity contribution in [2.75, 3.05) is 0 Å². The van der Waals surface area contributed by atoms with E-state index in [2.05, 4.69) is 10.1 Å². The Balaban J connectivity index is 2.13. The van der Waals surface area contributed by atoms with Crippen LogP contribution in [0.25, 0.3) is 0 Å². The molecule has 2 aromatic rings. The van der Waals surface area contributed by atoms with Crippen LogP contribution in [0.5, 0.6) is 5.75 Å². The zero-order chi connectivity index (χ0) is 14.9. The summed E-state index contributed by atoms with van der Waals surface area (Å²) in [7, 11) is 0. The second kappa shape index (κ2) is 5.19. The molecule has 2 rings (SSSR count). The van der Waals surface area contributed by atoms with E-state index in [9.17, 15) is 8.78 Å². The summed E-state index contributed by atoms with van der Waals surface area (Å²) in [6, 6.07) is 3.33. The fourth-order valence-corrected chi connectivity index (χ4v) is 1.51. The maximum absolute atomic E-state index is 13.1. The lowest BCUT2D eigenvalue weighted by molar-refractivity contribution is 0.174. The second-order valence-corrected chi connectivity index (χ2v) is 5.54. The van der Waals surface area contributed by atoms with Crippen LogP contribution in [0.4, 0.5) is 8.78 Å². The molecule has 0 saturated carbocycles. The van der Waals surface area contributed by atoms with Gasteiger partial charge in [0.05, 0.1) is 0 Å². The SMILES string of the molecule is CC(Oc1ccc(F)c(F)c1)c1nc(C(C)(C)C)no1. The molecule has 1 aromatic heterocycles. The lowest BCUT2D eigenvalue weighted by atomic mass is 9.96. The van der Waals surface area contributed by atoms with Gasteiger partial charge >= 0.3 is 0 Å². The standard InChI is InChI=1S/C14H16F2N2O2/c1-8(12-17-13(18-20-12)14(2,3)4)19-9-5-6-10(15)11(16)7-9/h5-8H,1-4H3. The summed E-state index contributed by atoms with van der Waals surface area (Å²) in [6.07, 6.45) is -0.552. The Morgan fingerprint density at radius 3 is 2.45 bits per heavy atom. The molecule has 1 unspecified atom stereocenters. The number of aromatic nitrogens is 2. The minimum atomic E-state index is -0.962. The van der Waals surface area contributed by atoms with E-state index in [0.717, 1.165) is 12.1 Å². The van der Waals surface area contributed by atoms with Crippen molar-refractivity contribution in [3.05, 3.63) is 41.5 Å². The summed E-state index contributed by atoms with van der Waals surface area (Å²) in [6.45, 7) is 7.58. The van der Waals surface area contributed by atoms with Crippen LogP contribution in [0, 0.1) is 11.6 Å². The number of hydrogen-bond donors (Lipinski definition) is 0. The molecule has 0 amide bonds. The van der Waals surface area contributed by atoms with E-state index in [1.165, 1.54) is 6.07 Å². The Labute approximate surface area is 115 Å². The largest absolute Gasteiger partial charge is 0.481 e. The molecule has 6 heteroatoms. The highest BCUT2D eigenvalue weighted by molar-refractivity contribution is 5.24. The van der Waals surface area contributed by atoms with Crippen molar-refractivity contribution < 1.29 is 18.0 Å². The summed E-state index contributed by atoms with van der Waals surface area (Å²) in [4.78, 5) is 4.25. The number of ether oxygens (including phenoxy) is 1. The van der Waals surface area contributed by atoms with Gasteiger partial charge in [0.25, 0.3) is 5.89 Å². The fraction of sp³-hybridized carbons (Fsp3) is 0.429. The van der Waals surface area contributed by atoms with Crippen LogP contribution in [0.1, 0.15) is 45.5 Å². The smallest absolute Gasteiger partial charge is 0.267 e. The molecular formula is C14H16F2N2O2. The first kappa shape index (κ1) is 14.4. The van der Waals surface area contributed by atoms with Gasteiger partial charge in [0.1, 0.15) is 5.75 Å². The molecule has 0 spiro atoms. The van der Waals surface area contributed by atoms with E-state index < -0.39 is 17.7 Å². The predicted molar refractivity (Wildman–Crippen MR) is 68.4 cm³/mol. The lowest BCUT2D eigenvalue weighted by Gasteiger charge is -2.12. The Kier molecular flexibility index (Phi) is 3.74. The van der Waals surface area contributed by atoms with Crippen LogP contribution in [0.15, 0.2) is 22.7 Å². The summed E-state index contributed by atoms with van der Waals surface area (Å²) in [5.41, 5.74) is -0.233. The van der Waals surface area contributed by atoms with Gasteiger partial charge < -0.3 is 9.26 Å². The van der Waals surface area contributed by atoms with Gasteiger partial charge in [0, 0.05) is 11.5 Å². The van der Waals surface area contributed by atoms with Crippen LogP contribution < -0.4 is 4.74 Å². The zero-order valence-electron chi connectivity index (χ0n) is 11.8. The Bertz CT molecular complexity index is 605. The highest BCUT2D eigenvalue weighted by Gasteiger charge is 2.24. The molecule has 4 nitrogen and oxygen atoms in total. The maximum atomic E-state index is 13.1. The third-order valence-corrected chi connectivity index (χ3v) is 2.66. The summed E-state index contributed by atoms with van der Waals surface area (Å²) < 4.78 is 36.5. The van der Waals surface area contributed by atoms with Gasteiger partial charge in [-0.05, 0) is 19.1 Å². The minimum Gasteiger partial charge on any atom is -0.481 e. The van der Waals surface area contributed by atoms with Crippen molar-refractivity contribution in [3.63, 3.8) is 0 Å². The molecule has 1 atom stereocenters. The van der Waals surface area contributed by atoms with Gasteiger partial charge in [0.15, 0.2) is 23.6 Å². The number of benzene rings is 1. The molecule has 108 valence electrons. The van der Waals surface area contributed by atoms with Crippen LogP contribution in [-0.4, -0.2) is 10.1 Å². The molecule has 0 N–H and O–H groups in total. The van der Waals surface area contributed by atoms with Gasteiger partial charge in [-0.1, -0.05) is 25.9 Å². The number of rotatable bonds is 3. The first-order valence-electron chi connectivity index (χ1n) is 6.23. The van der Waals surface area contributed by atoms with Crippen molar-refractivity contribution in [1.82, 2.24) is 10.1 Å². The number of hydrogen-bond acceptors (Lipinski definition) is 4. The van der Waals surface area contributed by atoms with Gasteiger partial charge in [0.2, 0.25) is 0 Å². The normalized spacial score (nSPS) is 13.3. The Morgan fingerprint density at radius 1 is 1.20 bits per heavy atom. The van der Waals surface area contributed by atoms with Crippen LogP contribution in [0.2, 0.25) is 0 Å². The number of halogens is 2. The summed E-state index contributed by atoms with van der Waals surface area (Å²) in [5, 5.41) is 3.88. The topological polar surface area (TPSA) is 48.2 Å². The molecule has 20 heavy (non-hydrogen) atoms. The first-order chi connectivity index (χ1) is 9.27. The van der Waals surface area contributed by atoms with E-state index in [1.807, 2.05) is 20.8 Å². The van der Waals surface area contributed by atoms with Crippen LogP contribution >= 0.6 is 0 Å². The predicted octanol–water partition coefficient (Wildman–Crippen LogP) is 3.79. The van der Waals surface area contributed by atoms with Crippen molar-refractivity contribution >= 4 is 0 Å².